The van der Waals surface area contributed by atoms with Gasteiger partial charge in [-0.25, -0.2) is 4.79 Å². The Morgan fingerprint density at radius 2 is 1.91 bits per heavy atom. The van der Waals surface area contributed by atoms with Crippen LogP contribution in [0, 0.1) is 10.8 Å². The van der Waals surface area contributed by atoms with Gasteiger partial charge in [-0.15, -0.1) is 0 Å². The maximum atomic E-state index is 12.8. The quantitative estimate of drug-likeness (QED) is 0.930. The molecule has 2 bridgehead atoms. The van der Waals surface area contributed by atoms with Crippen molar-refractivity contribution in [2.75, 3.05) is 6.54 Å². The molecular formula is C19H25NO3. The monoisotopic (exact) mass is 315 g/mol. The van der Waals surface area contributed by atoms with Gasteiger partial charge in [-0.3, -0.25) is 4.79 Å². The summed E-state index contributed by atoms with van der Waals surface area (Å²) in [5, 5.41) is 9.28. The highest BCUT2D eigenvalue weighted by Crippen LogP contribution is 2.52. The van der Waals surface area contributed by atoms with Crippen LogP contribution in [0.5, 0.6) is 0 Å². The zero-order chi connectivity index (χ0) is 16.8. The predicted molar refractivity (Wildman–Crippen MR) is 88.3 cm³/mol. The van der Waals surface area contributed by atoms with Crippen molar-refractivity contribution in [3.05, 3.63) is 35.4 Å². The molecule has 1 N–H and O–H groups in total. The number of likely N-dealkylation sites (tertiary alicyclic amines) is 1. The Kier molecular flexibility index (Phi) is 3.74. The third-order valence-electron chi connectivity index (χ3n) is 5.32. The van der Waals surface area contributed by atoms with E-state index in [2.05, 4.69) is 20.8 Å². The van der Waals surface area contributed by atoms with Crippen molar-refractivity contribution >= 4 is 11.9 Å². The molecule has 23 heavy (non-hydrogen) atoms. The Morgan fingerprint density at radius 3 is 2.61 bits per heavy atom. The van der Waals surface area contributed by atoms with Crippen molar-refractivity contribution in [3.63, 3.8) is 0 Å². The second kappa shape index (κ2) is 5.36. The number of carboxylic acids is 1. The van der Waals surface area contributed by atoms with E-state index in [0.29, 0.717) is 11.6 Å². The number of carbonyl (C=O) groups is 2. The fourth-order valence-electron chi connectivity index (χ4n) is 4.90. The molecule has 1 aromatic carbocycles. The first kappa shape index (κ1) is 16.0. The molecule has 3 rings (SSSR count). The van der Waals surface area contributed by atoms with Gasteiger partial charge in [0.2, 0.25) is 5.91 Å². The second-order valence-corrected chi connectivity index (χ2v) is 8.37. The van der Waals surface area contributed by atoms with Crippen LogP contribution in [0.3, 0.4) is 0 Å². The van der Waals surface area contributed by atoms with Crippen LogP contribution in [0.1, 0.15) is 56.0 Å². The minimum atomic E-state index is -0.971. The molecule has 1 saturated carbocycles. The molecule has 2 unspecified atom stereocenters. The highest BCUT2D eigenvalue weighted by Gasteiger charge is 2.50. The van der Waals surface area contributed by atoms with Crippen molar-refractivity contribution in [3.8, 4) is 0 Å². The largest absolute Gasteiger partial charge is 0.478 e. The minimum Gasteiger partial charge on any atom is -0.478 e. The van der Waals surface area contributed by atoms with Gasteiger partial charge in [0.15, 0.2) is 0 Å². The number of nitrogens with zero attached hydrogens (tertiary/aromatic N) is 1. The first-order chi connectivity index (χ1) is 10.7. The van der Waals surface area contributed by atoms with Gasteiger partial charge in [-0.05, 0) is 41.7 Å². The summed E-state index contributed by atoms with van der Waals surface area (Å²) < 4.78 is 0. The number of carboxylic acid groups (broad SMARTS) is 1. The van der Waals surface area contributed by atoms with Crippen LogP contribution in [0.4, 0.5) is 0 Å². The average molecular weight is 315 g/mol. The van der Waals surface area contributed by atoms with E-state index in [4.69, 9.17) is 0 Å². The predicted octanol–water partition coefficient (Wildman–Crippen LogP) is 3.35. The summed E-state index contributed by atoms with van der Waals surface area (Å²) in [7, 11) is 0. The Labute approximate surface area is 137 Å². The lowest BCUT2D eigenvalue weighted by atomic mass is 9.65. The Morgan fingerprint density at radius 1 is 1.22 bits per heavy atom. The number of fused-ring (bicyclic) bond motifs is 2. The number of carbonyl (C=O) groups excluding carboxylic acids is 1. The topological polar surface area (TPSA) is 57.6 Å². The molecule has 1 heterocycles. The van der Waals surface area contributed by atoms with Gasteiger partial charge in [0.1, 0.15) is 0 Å². The summed E-state index contributed by atoms with van der Waals surface area (Å²) in [5.41, 5.74) is 1.31. The fraction of sp³-hybridized carbons (Fsp3) is 0.579. The number of rotatable bonds is 3. The van der Waals surface area contributed by atoms with E-state index in [-0.39, 0.29) is 28.7 Å². The van der Waals surface area contributed by atoms with Crippen molar-refractivity contribution in [2.24, 2.45) is 10.8 Å². The van der Waals surface area contributed by atoms with Crippen molar-refractivity contribution < 1.29 is 14.7 Å². The highest BCUT2D eigenvalue weighted by molar-refractivity contribution is 5.91. The second-order valence-electron chi connectivity index (χ2n) is 8.37. The van der Waals surface area contributed by atoms with Crippen LogP contribution in [0.15, 0.2) is 24.3 Å². The molecule has 1 aromatic rings. The molecule has 4 nitrogen and oxygen atoms in total. The van der Waals surface area contributed by atoms with E-state index in [9.17, 15) is 14.7 Å². The van der Waals surface area contributed by atoms with Crippen LogP contribution in [0.2, 0.25) is 0 Å². The lowest BCUT2D eigenvalue weighted by Crippen LogP contribution is -2.38. The fourth-order valence-corrected chi connectivity index (χ4v) is 4.90. The van der Waals surface area contributed by atoms with Gasteiger partial charge in [-0.2, -0.15) is 0 Å². The van der Waals surface area contributed by atoms with Crippen LogP contribution in [-0.2, 0) is 11.2 Å². The molecule has 2 atom stereocenters. The van der Waals surface area contributed by atoms with E-state index >= 15 is 0 Å². The van der Waals surface area contributed by atoms with E-state index in [1.165, 1.54) is 0 Å². The summed E-state index contributed by atoms with van der Waals surface area (Å²) in [6.07, 6.45) is 3.43. The molecule has 2 aliphatic rings. The number of amides is 1. The molecule has 2 fully saturated rings. The van der Waals surface area contributed by atoms with Crippen LogP contribution in [-0.4, -0.2) is 34.5 Å². The molecule has 1 saturated heterocycles. The van der Waals surface area contributed by atoms with Gasteiger partial charge in [-0.1, -0.05) is 39.0 Å². The van der Waals surface area contributed by atoms with Crippen molar-refractivity contribution in [2.45, 2.75) is 52.5 Å². The van der Waals surface area contributed by atoms with Gasteiger partial charge in [0.25, 0.3) is 0 Å². The zero-order valence-electron chi connectivity index (χ0n) is 14.1. The molecular weight excluding hydrogens is 290 g/mol. The number of benzene rings is 1. The summed E-state index contributed by atoms with van der Waals surface area (Å²) in [6.45, 7) is 7.64. The van der Waals surface area contributed by atoms with Gasteiger partial charge >= 0.3 is 5.97 Å². The first-order valence-electron chi connectivity index (χ1n) is 8.30. The smallest absolute Gasteiger partial charge is 0.335 e. The molecule has 0 aromatic heterocycles. The minimum absolute atomic E-state index is 0.0603. The molecule has 124 valence electrons. The number of hydrogen-bond donors (Lipinski definition) is 1. The average Bonchev–Trinajstić information content (AvgIpc) is 2.68. The van der Waals surface area contributed by atoms with E-state index in [1.807, 2.05) is 4.90 Å². The number of hydrogen-bond acceptors (Lipinski definition) is 2. The Bertz CT molecular complexity index is 652. The van der Waals surface area contributed by atoms with E-state index < -0.39 is 5.97 Å². The third kappa shape index (κ3) is 3.12. The normalized spacial score (nSPS) is 28.7. The molecule has 1 aliphatic carbocycles. The lowest BCUT2D eigenvalue weighted by Gasteiger charge is -2.39. The molecule has 1 aliphatic heterocycles. The Hall–Kier alpha value is -1.84. The van der Waals surface area contributed by atoms with Gasteiger partial charge < -0.3 is 10.0 Å². The summed E-state index contributed by atoms with van der Waals surface area (Å²) in [4.78, 5) is 26.1. The van der Waals surface area contributed by atoms with Crippen LogP contribution in [0.25, 0.3) is 0 Å². The molecule has 4 heteroatoms. The van der Waals surface area contributed by atoms with Crippen molar-refractivity contribution in [1.82, 2.24) is 4.90 Å². The Balaban J connectivity index is 1.79. The van der Waals surface area contributed by atoms with Gasteiger partial charge in [0, 0.05) is 12.6 Å². The number of aromatic carboxylic acids is 1. The molecule has 0 spiro atoms. The summed E-state index contributed by atoms with van der Waals surface area (Å²) >= 11 is 0. The van der Waals surface area contributed by atoms with E-state index in [0.717, 1.165) is 25.8 Å². The van der Waals surface area contributed by atoms with Crippen LogP contribution < -0.4 is 0 Å². The van der Waals surface area contributed by atoms with E-state index in [1.54, 1.807) is 24.3 Å². The summed E-state index contributed by atoms with van der Waals surface area (Å²) in [5.74, 6) is -0.910. The molecule has 0 radical (unpaired) electrons. The van der Waals surface area contributed by atoms with Gasteiger partial charge in [0.05, 0.1) is 12.0 Å². The maximum absolute atomic E-state index is 12.8. The van der Waals surface area contributed by atoms with Crippen molar-refractivity contribution in [1.29, 1.82) is 0 Å². The first-order valence-corrected chi connectivity index (χ1v) is 8.30. The molecule has 1 amide bonds. The maximum Gasteiger partial charge on any atom is 0.335 e. The third-order valence-corrected chi connectivity index (χ3v) is 5.32. The summed E-state index contributed by atoms with van der Waals surface area (Å²) in [6, 6.07) is 7.10. The van der Waals surface area contributed by atoms with Crippen LogP contribution >= 0.6 is 0 Å². The lowest BCUT2D eigenvalue weighted by molar-refractivity contribution is -0.131. The zero-order valence-corrected chi connectivity index (χ0v) is 14.1. The SMILES string of the molecule is CC1(C)CC2CC(C)(CN2C(=O)Cc2ccccc2C(=O)O)C1. The highest BCUT2D eigenvalue weighted by atomic mass is 16.4. The standard InChI is InChI=1S/C19H25NO3/c1-18(2)9-14-10-19(3,11-18)12-20(14)16(21)8-13-6-4-5-7-15(13)17(22)23/h4-7,14H,8-12H2,1-3H3,(H,22,23).